The third-order valence-corrected chi connectivity index (χ3v) is 8.75. The van der Waals surface area contributed by atoms with E-state index in [2.05, 4.69) is 48.2 Å². The Bertz CT molecular complexity index is 1540. The van der Waals surface area contributed by atoms with E-state index in [0.717, 1.165) is 37.1 Å². The lowest BCUT2D eigenvalue weighted by atomic mass is 9.78. The summed E-state index contributed by atoms with van der Waals surface area (Å²) in [7, 11) is -0.188. The van der Waals surface area contributed by atoms with Gasteiger partial charge in [0, 0.05) is 30.7 Å². The molecule has 0 bridgehead atoms. The molecule has 0 unspecified atom stereocenters. The maximum absolute atomic E-state index is 15.1. The molecule has 0 amide bonds. The topological polar surface area (TPSA) is 105 Å². The number of nitrogens with one attached hydrogen (secondary N) is 2. The second-order valence-electron chi connectivity index (χ2n) is 9.80. The normalized spacial score (nSPS) is 19.7. The molecular weight excluding hydrogens is 541 g/mol. The average Bonchev–Trinajstić information content (AvgIpc) is 3.46. The van der Waals surface area contributed by atoms with Gasteiger partial charge in [-0.3, -0.25) is 4.72 Å². The standard InChI is InChI=1S/C27H29ClFN7O2S/c1-35(2)25-14-19(18-5-3-6-20(13-18)36-12-4-10-32-36)7-8-23(25)33-24-16-22(29)26(15-21(24)28)39(37,38)34-27-9-11-30-17-31-27/h3-6,9-13,15-17,19,23,25,33H,7-8,14H2,1-2H3,(H,30,31,34)/t19-,23-,25-/m0/s1. The highest BCUT2D eigenvalue weighted by atomic mass is 35.5. The zero-order valence-electron chi connectivity index (χ0n) is 21.5. The number of anilines is 2. The van der Waals surface area contributed by atoms with Crippen molar-refractivity contribution in [3.63, 3.8) is 0 Å². The molecule has 0 aliphatic heterocycles. The Labute approximate surface area is 232 Å². The van der Waals surface area contributed by atoms with E-state index in [1.54, 1.807) is 6.20 Å². The van der Waals surface area contributed by atoms with Gasteiger partial charge in [0.15, 0.2) is 0 Å². The lowest BCUT2D eigenvalue weighted by Gasteiger charge is -2.41. The molecular formula is C27H29ClFN7O2S. The fraction of sp³-hybridized carbons (Fsp3) is 0.296. The van der Waals surface area contributed by atoms with E-state index in [1.165, 1.54) is 24.2 Å². The van der Waals surface area contributed by atoms with Crippen molar-refractivity contribution < 1.29 is 12.8 Å². The van der Waals surface area contributed by atoms with Gasteiger partial charge in [0.05, 0.1) is 16.4 Å². The van der Waals surface area contributed by atoms with Crippen molar-refractivity contribution in [2.24, 2.45) is 0 Å². The molecule has 2 N–H and O–H groups in total. The number of nitrogens with zero attached hydrogens (tertiary/aromatic N) is 5. The van der Waals surface area contributed by atoms with E-state index < -0.39 is 20.7 Å². The van der Waals surface area contributed by atoms with E-state index in [1.807, 2.05) is 37.1 Å². The molecule has 2 aromatic heterocycles. The SMILES string of the molecule is CN(C)[C@H]1C[C@@H](c2cccc(-n3cccn3)c2)CC[C@@H]1Nc1cc(F)c(S(=O)(=O)Nc2ccncn2)cc1Cl. The minimum Gasteiger partial charge on any atom is -0.379 e. The van der Waals surface area contributed by atoms with Gasteiger partial charge in [-0.15, -0.1) is 0 Å². The predicted molar refractivity (Wildman–Crippen MR) is 149 cm³/mol. The first-order valence-electron chi connectivity index (χ1n) is 12.5. The summed E-state index contributed by atoms with van der Waals surface area (Å²) in [4.78, 5) is 9.18. The first kappa shape index (κ1) is 27.0. The number of sulfonamides is 1. The summed E-state index contributed by atoms with van der Waals surface area (Å²) in [6.07, 6.45) is 8.91. The highest BCUT2D eigenvalue weighted by molar-refractivity contribution is 7.92. The van der Waals surface area contributed by atoms with Crippen molar-refractivity contribution in [2.45, 2.75) is 42.2 Å². The maximum Gasteiger partial charge on any atom is 0.266 e. The molecule has 1 fully saturated rings. The van der Waals surface area contributed by atoms with E-state index in [0.29, 0.717) is 11.6 Å². The second kappa shape index (κ2) is 11.3. The van der Waals surface area contributed by atoms with Crippen LogP contribution in [0.4, 0.5) is 15.9 Å². The van der Waals surface area contributed by atoms with Crippen LogP contribution in [0, 0.1) is 5.82 Å². The molecule has 204 valence electrons. The van der Waals surface area contributed by atoms with Gasteiger partial charge in [-0.1, -0.05) is 23.7 Å². The molecule has 3 atom stereocenters. The summed E-state index contributed by atoms with van der Waals surface area (Å²) in [5.41, 5.74) is 2.62. The summed E-state index contributed by atoms with van der Waals surface area (Å²) >= 11 is 6.48. The second-order valence-corrected chi connectivity index (χ2v) is 11.9. The minimum absolute atomic E-state index is 0.0101. The van der Waals surface area contributed by atoms with Crippen LogP contribution < -0.4 is 10.0 Å². The Kier molecular flexibility index (Phi) is 7.83. The Balaban J connectivity index is 1.33. The number of halogens is 2. The van der Waals surface area contributed by atoms with Crippen molar-refractivity contribution in [1.82, 2.24) is 24.6 Å². The quantitative estimate of drug-likeness (QED) is 0.310. The zero-order valence-corrected chi connectivity index (χ0v) is 23.1. The van der Waals surface area contributed by atoms with E-state index in [9.17, 15) is 8.42 Å². The molecule has 4 aromatic rings. The van der Waals surface area contributed by atoms with Gasteiger partial charge in [-0.2, -0.15) is 5.10 Å². The highest BCUT2D eigenvalue weighted by Gasteiger charge is 2.33. The number of likely N-dealkylation sites (N-methyl/N-ethyl adjacent to an activating group) is 1. The number of aromatic nitrogens is 4. The molecule has 1 saturated carbocycles. The summed E-state index contributed by atoms with van der Waals surface area (Å²) < 4.78 is 44.8. The minimum atomic E-state index is -4.24. The maximum atomic E-state index is 15.1. The molecule has 2 heterocycles. The third kappa shape index (κ3) is 6.05. The molecule has 0 spiro atoms. The molecule has 1 aliphatic carbocycles. The Morgan fingerprint density at radius 3 is 2.67 bits per heavy atom. The van der Waals surface area contributed by atoms with Gasteiger partial charge in [0.25, 0.3) is 10.0 Å². The lowest BCUT2D eigenvalue weighted by molar-refractivity contribution is 0.196. The van der Waals surface area contributed by atoms with Gasteiger partial charge in [-0.25, -0.2) is 27.5 Å². The smallest absolute Gasteiger partial charge is 0.266 e. The fourth-order valence-corrected chi connectivity index (χ4v) is 6.50. The van der Waals surface area contributed by atoms with Crippen LogP contribution in [0.2, 0.25) is 5.02 Å². The van der Waals surface area contributed by atoms with E-state index in [-0.39, 0.29) is 22.9 Å². The third-order valence-electron chi connectivity index (χ3n) is 7.06. The predicted octanol–water partition coefficient (Wildman–Crippen LogP) is 4.93. The van der Waals surface area contributed by atoms with Crippen LogP contribution in [0.15, 0.2) is 78.3 Å². The van der Waals surface area contributed by atoms with Crippen LogP contribution in [0.3, 0.4) is 0 Å². The molecule has 1 aliphatic rings. The van der Waals surface area contributed by atoms with Crippen LogP contribution in [-0.2, 0) is 10.0 Å². The van der Waals surface area contributed by atoms with Gasteiger partial charge in [0.2, 0.25) is 0 Å². The molecule has 0 radical (unpaired) electrons. The fourth-order valence-electron chi connectivity index (χ4n) is 5.12. The summed E-state index contributed by atoms with van der Waals surface area (Å²) in [6, 6.07) is 14.1. The van der Waals surface area contributed by atoms with Crippen LogP contribution in [-0.4, -0.2) is 59.2 Å². The number of rotatable bonds is 8. The van der Waals surface area contributed by atoms with E-state index in [4.69, 9.17) is 11.6 Å². The Hall–Kier alpha value is -3.54. The molecule has 5 rings (SSSR count). The highest BCUT2D eigenvalue weighted by Crippen LogP contribution is 2.38. The lowest BCUT2D eigenvalue weighted by Crippen LogP contribution is -2.47. The van der Waals surface area contributed by atoms with Crippen molar-refractivity contribution >= 4 is 33.1 Å². The van der Waals surface area contributed by atoms with Crippen LogP contribution in [0.25, 0.3) is 5.69 Å². The van der Waals surface area contributed by atoms with Crippen molar-refractivity contribution in [3.05, 3.63) is 89.9 Å². The average molecular weight is 570 g/mol. The van der Waals surface area contributed by atoms with Gasteiger partial charge in [-0.05, 0) is 81.2 Å². The first-order valence-corrected chi connectivity index (χ1v) is 14.4. The van der Waals surface area contributed by atoms with Crippen molar-refractivity contribution in [3.8, 4) is 5.69 Å². The first-order chi connectivity index (χ1) is 18.7. The van der Waals surface area contributed by atoms with Crippen molar-refractivity contribution in [2.75, 3.05) is 24.1 Å². The number of benzene rings is 2. The van der Waals surface area contributed by atoms with Gasteiger partial charge >= 0.3 is 0 Å². The Morgan fingerprint density at radius 2 is 1.95 bits per heavy atom. The van der Waals surface area contributed by atoms with Crippen molar-refractivity contribution in [1.29, 1.82) is 0 Å². The zero-order chi connectivity index (χ0) is 27.6. The molecule has 9 nitrogen and oxygen atoms in total. The summed E-state index contributed by atoms with van der Waals surface area (Å²) in [6.45, 7) is 0. The van der Waals surface area contributed by atoms with Crippen LogP contribution >= 0.6 is 11.6 Å². The monoisotopic (exact) mass is 569 g/mol. The molecule has 12 heteroatoms. The van der Waals surface area contributed by atoms with Crippen LogP contribution in [0.1, 0.15) is 30.7 Å². The number of hydrogen-bond acceptors (Lipinski definition) is 7. The Morgan fingerprint density at radius 1 is 1.10 bits per heavy atom. The number of hydrogen-bond donors (Lipinski definition) is 2. The molecule has 0 saturated heterocycles. The van der Waals surface area contributed by atoms with Gasteiger partial charge in [0.1, 0.15) is 22.9 Å². The van der Waals surface area contributed by atoms with Crippen LogP contribution in [0.5, 0.6) is 0 Å². The largest absolute Gasteiger partial charge is 0.379 e. The summed E-state index contributed by atoms with van der Waals surface area (Å²) in [5.74, 6) is -0.531. The van der Waals surface area contributed by atoms with Gasteiger partial charge < -0.3 is 10.2 Å². The van der Waals surface area contributed by atoms with E-state index >= 15 is 4.39 Å². The molecule has 2 aromatic carbocycles. The summed E-state index contributed by atoms with van der Waals surface area (Å²) in [5, 5.41) is 7.85. The molecule has 39 heavy (non-hydrogen) atoms.